The third-order valence-corrected chi connectivity index (χ3v) is 6.00. The van der Waals surface area contributed by atoms with Crippen molar-refractivity contribution in [3.63, 3.8) is 0 Å². The van der Waals surface area contributed by atoms with Crippen LogP contribution in [0.4, 0.5) is 0 Å². The molecule has 0 aliphatic carbocycles. The van der Waals surface area contributed by atoms with Crippen LogP contribution in [-0.4, -0.2) is 103 Å². The van der Waals surface area contributed by atoms with E-state index >= 15 is 0 Å². The smallest absolute Gasteiger partial charge is 0.104 e. The van der Waals surface area contributed by atoms with E-state index in [9.17, 15) is 0 Å². The van der Waals surface area contributed by atoms with E-state index in [0.29, 0.717) is 0 Å². The van der Waals surface area contributed by atoms with Crippen LogP contribution in [0.3, 0.4) is 0 Å². The predicted octanol–water partition coefficient (Wildman–Crippen LogP) is -4.41. The molecule has 0 amide bonds. The second kappa shape index (κ2) is 25.8. The molecule has 4 nitrogen and oxygen atoms in total. The summed E-state index contributed by atoms with van der Waals surface area (Å²) in [5, 5.41) is 0. The molecule has 48 heavy (non-hydrogen) atoms. The van der Waals surface area contributed by atoms with Crippen LogP contribution in [0.2, 0.25) is 0 Å². The number of halogens is 4. The fourth-order valence-electron chi connectivity index (χ4n) is 4.52. The molecular weight excluding hydrogens is 678 g/mol. The Bertz CT molecular complexity index is 1060. The van der Waals surface area contributed by atoms with Crippen molar-refractivity contribution in [3.05, 3.63) is 144 Å². The first-order valence-corrected chi connectivity index (χ1v) is 15.7. The van der Waals surface area contributed by atoms with Gasteiger partial charge in [0.25, 0.3) is 0 Å². The third-order valence-electron chi connectivity index (χ3n) is 6.00. The maximum atomic E-state index is 2.20. The Morgan fingerprint density at radius 3 is 0.479 bits per heavy atom. The Labute approximate surface area is 320 Å². The minimum Gasteiger partial charge on any atom is -1.00 e. The highest BCUT2D eigenvalue weighted by molar-refractivity contribution is 5.15. The molecule has 0 heterocycles. The predicted molar refractivity (Wildman–Crippen MR) is 193 cm³/mol. The molecule has 0 aliphatic rings. The van der Waals surface area contributed by atoms with E-state index in [1.165, 1.54) is 22.3 Å². The van der Waals surface area contributed by atoms with Gasteiger partial charge in [-0.25, -0.2) is 0 Å². The van der Waals surface area contributed by atoms with Gasteiger partial charge < -0.3 is 67.6 Å². The first-order valence-electron chi connectivity index (χ1n) is 15.7. The van der Waals surface area contributed by atoms with Crippen molar-refractivity contribution < 1.29 is 67.6 Å². The average molecular weight is 743 g/mol. The molecule has 0 radical (unpaired) electrons. The molecule has 0 atom stereocenters. The first kappa shape index (κ1) is 52.7. The minimum absolute atomic E-state index is 0. The Morgan fingerprint density at radius 2 is 0.375 bits per heavy atom. The van der Waals surface area contributed by atoms with Gasteiger partial charge in [0.15, 0.2) is 0 Å². The van der Waals surface area contributed by atoms with E-state index < -0.39 is 0 Å². The summed E-state index contributed by atoms with van der Waals surface area (Å²) in [6, 6.07) is 42.3. The van der Waals surface area contributed by atoms with Crippen LogP contribution < -0.4 is 49.6 Å². The van der Waals surface area contributed by atoms with Gasteiger partial charge >= 0.3 is 0 Å². The summed E-state index contributed by atoms with van der Waals surface area (Å²) >= 11 is 0. The van der Waals surface area contributed by atoms with E-state index in [1.807, 2.05) is 0 Å². The molecule has 272 valence electrons. The maximum Gasteiger partial charge on any atom is 0.104 e. The summed E-state index contributed by atoms with van der Waals surface area (Å²) in [5.41, 5.74) is 5.61. The highest BCUT2D eigenvalue weighted by Gasteiger charge is 2.09. The lowest BCUT2D eigenvalue weighted by Crippen LogP contribution is -3.00. The SMILES string of the molecule is C[N+](C)(C)Cc1ccccc1.C[N+](C)(C)Cc1ccccc1.C[N+](C)(C)Cc1ccccc1.C[N+](C)(C)Cc1ccccc1.[Cl-].[Cl-].[Cl-].[Cl-]. The van der Waals surface area contributed by atoms with Crippen LogP contribution in [0.15, 0.2) is 121 Å². The lowest BCUT2D eigenvalue weighted by molar-refractivity contribution is -0.884. The van der Waals surface area contributed by atoms with Gasteiger partial charge in [-0.15, -0.1) is 0 Å². The highest BCUT2D eigenvalue weighted by Crippen LogP contribution is 2.07. The monoisotopic (exact) mass is 740 g/mol. The van der Waals surface area contributed by atoms with Crippen molar-refractivity contribution in [2.75, 3.05) is 84.6 Å². The molecule has 0 unspecified atom stereocenters. The van der Waals surface area contributed by atoms with Crippen LogP contribution in [0, 0.1) is 0 Å². The summed E-state index contributed by atoms with van der Waals surface area (Å²) < 4.78 is 3.96. The highest BCUT2D eigenvalue weighted by atomic mass is 35.5. The van der Waals surface area contributed by atoms with Crippen LogP contribution in [0.1, 0.15) is 22.3 Å². The number of benzene rings is 4. The summed E-state index contributed by atoms with van der Waals surface area (Å²) in [7, 11) is 26.4. The molecule has 8 heteroatoms. The van der Waals surface area contributed by atoms with E-state index in [4.69, 9.17) is 0 Å². The van der Waals surface area contributed by atoms with Gasteiger partial charge in [-0.05, 0) is 0 Å². The molecular formula is C40H64Cl4N4. The first-order chi connectivity index (χ1) is 20.3. The largest absolute Gasteiger partial charge is 1.00 e. The van der Waals surface area contributed by atoms with Crippen LogP contribution in [0.25, 0.3) is 0 Å². The van der Waals surface area contributed by atoms with Crippen molar-refractivity contribution in [1.29, 1.82) is 0 Å². The molecule has 0 N–H and O–H groups in total. The third kappa shape index (κ3) is 32.4. The van der Waals surface area contributed by atoms with Crippen molar-refractivity contribution in [1.82, 2.24) is 0 Å². The van der Waals surface area contributed by atoms with Crippen LogP contribution >= 0.6 is 0 Å². The fourth-order valence-corrected chi connectivity index (χ4v) is 4.52. The number of quaternary nitrogens is 4. The van der Waals surface area contributed by atoms with Gasteiger partial charge in [-0.2, -0.15) is 0 Å². The summed E-state index contributed by atoms with van der Waals surface area (Å²) in [6.45, 7) is 4.39. The topological polar surface area (TPSA) is 0 Å². The molecule has 0 fully saturated rings. The van der Waals surface area contributed by atoms with Crippen LogP contribution in [-0.2, 0) is 26.2 Å². The normalized spacial score (nSPS) is 10.6. The van der Waals surface area contributed by atoms with Crippen molar-refractivity contribution in [2.24, 2.45) is 0 Å². The summed E-state index contributed by atoms with van der Waals surface area (Å²) in [4.78, 5) is 0. The molecule has 0 saturated carbocycles. The zero-order valence-corrected chi connectivity index (χ0v) is 34.7. The van der Waals surface area contributed by atoms with E-state index in [2.05, 4.69) is 206 Å². The van der Waals surface area contributed by atoms with Gasteiger partial charge in [-0.1, -0.05) is 121 Å². The van der Waals surface area contributed by atoms with Gasteiger partial charge in [0.2, 0.25) is 0 Å². The van der Waals surface area contributed by atoms with Crippen molar-refractivity contribution in [2.45, 2.75) is 26.2 Å². The second-order valence-corrected chi connectivity index (χ2v) is 15.7. The summed E-state index contributed by atoms with van der Waals surface area (Å²) in [6.07, 6.45) is 0. The summed E-state index contributed by atoms with van der Waals surface area (Å²) in [5.74, 6) is 0. The van der Waals surface area contributed by atoms with Crippen molar-refractivity contribution >= 4 is 0 Å². The molecule has 0 saturated heterocycles. The lowest BCUT2D eigenvalue weighted by atomic mass is 10.2. The van der Waals surface area contributed by atoms with Crippen LogP contribution in [0.5, 0.6) is 0 Å². The van der Waals surface area contributed by atoms with Gasteiger partial charge in [-0.3, -0.25) is 0 Å². The Balaban J connectivity index is -0.000000262. The minimum atomic E-state index is 0. The molecule has 0 bridgehead atoms. The number of rotatable bonds is 8. The van der Waals surface area contributed by atoms with E-state index in [-0.39, 0.29) is 49.6 Å². The van der Waals surface area contributed by atoms with Gasteiger partial charge in [0.05, 0.1) is 84.6 Å². The number of hydrogen-bond donors (Lipinski definition) is 0. The van der Waals surface area contributed by atoms with E-state index in [0.717, 1.165) is 44.1 Å². The standard InChI is InChI=1S/4C10H16N.4ClH/c4*1-11(2,3)9-10-7-5-4-6-8-10;;;;/h4*4-8H,9H2,1-3H3;4*1H/q4*+1;;;;/p-4. The zero-order chi connectivity index (χ0) is 33.3. The van der Waals surface area contributed by atoms with Gasteiger partial charge in [0.1, 0.15) is 26.2 Å². The average Bonchev–Trinajstić information content (AvgIpc) is 2.88. The Hall–Kier alpha value is -2.12. The lowest BCUT2D eigenvalue weighted by Gasteiger charge is -2.23. The molecule has 4 aromatic rings. The second-order valence-electron chi connectivity index (χ2n) is 15.7. The molecule has 4 rings (SSSR count). The molecule has 0 aromatic heterocycles. The maximum absolute atomic E-state index is 2.20. The Morgan fingerprint density at radius 1 is 0.250 bits per heavy atom. The fraction of sp³-hybridized carbons (Fsp3) is 0.400. The zero-order valence-electron chi connectivity index (χ0n) is 31.7. The quantitative estimate of drug-likeness (QED) is 0.160. The number of nitrogens with zero attached hydrogens (tertiary/aromatic N) is 4. The Kier molecular flexibility index (Phi) is 28.3. The van der Waals surface area contributed by atoms with Crippen molar-refractivity contribution in [3.8, 4) is 0 Å². The molecule has 0 aliphatic heterocycles. The van der Waals surface area contributed by atoms with Gasteiger partial charge in [0, 0.05) is 22.3 Å². The number of hydrogen-bond acceptors (Lipinski definition) is 0. The molecule has 4 aromatic carbocycles. The molecule has 0 spiro atoms. The van der Waals surface area contributed by atoms with E-state index in [1.54, 1.807) is 0 Å².